The Kier molecular flexibility index (Phi) is 8.86. The Bertz CT molecular complexity index is 1310. The van der Waals surface area contributed by atoms with E-state index < -0.39 is 28.0 Å². The van der Waals surface area contributed by atoms with Crippen LogP contribution in [0.15, 0.2) is 54.6 Å². The van der Waals surface area contributed by atoms with Crippen molar-refractivity contribution in [2.75, 3.05) is 18.1 Å². The molecule has 4 N–H and O–H groups in total. The Morgan fingerprint density at radius 1 is 0.974 bits per heavy atom. The van der Waals surface area contributed by atoms with Gasteiger partial charge in [-0.2, -0.15) is 10.6 Å². The van der Waals surface area contributed by atoms with Crippen molar-refractivity contribution >= 4 is 16.6 Å². The predicted octanol–water partition coefficient (Wildman–Crippen LogP) is 6.36. The summed E-state index contributed by atoms with van der Waals surface area (Å²) >= 11 is 0. The zero-order valence-corrected chi connectivity index (χ0v) is 23.0. The van der Waals surface area contributed by atoms with Gasteiger partial charge in [0.2, 0.25) is 0 Å². The number of aliphatic hydroxyl groups is 1. The topological polar surface area (TPSA) is 116 Å². The molecule has 1 fully saturated rings. The monoisotopic (exact) mass is 558 g/mol. The number of hydrogen-bond acceptors (Lipinski definition) is 6. The molecule has 0 spiro atoms. The molecule has 9 heteroatoms. The Balaban J connectivity index is 1.41. The van der Waals surface area contributed by atoms with E-state index in [0.717, 1.165) is 27.8 Å². The summed E-state index contributed by atoms with van der Waals surface area (Å²) in [5.74, 6) is -0.0526. The zero-order chi connectivity index (χ0) is 28.2. The number of benzene rings is 3. The number of carboxylic acid groups (broad SMARTS) is 1. The van der Waals surface area contributed by atoms with Crippen LogP contribution in [0.3, 0.4) is 0 Å². The van der Waals surface area contributed by atoms with Gasteiger partial charge in [0.05, 0.1) is 0 Å². The molecule has 39 heavy (non-hydrogen) atoms. The van der Waals surface area contributed by atoms with Gasteiger partial charge in [-0.1, -0.05) is 24.3 Å². The lowest BCUT2D eigenvalue weighted by Crippen LogP contribution is -2.42. The highest BCUT2D eigenvalue weighted by Crippen LogP contribution is 2.47. The van der Waals surface area contributed by atoms with E-state index in [9.17, 15) is 23.4 Å². The van der Waals surface area contributed by atoms with Gasteiger partial charge < -0.3 is 19.7 Å². The van der Waals surface area contributed by atoms with E-state index in [2.05, 4.69) is 0 Å². The molecule has 210 valence electrons. The first-order valence-electron chi connectivity index (χ1n) is 12.9. The SMILES string of the molecule is Cc1cc(OCC2(O)CCS(O)(O)CC2)cc(C)c1-c1cccc(COc2ccc(CCC(=O)O)c(F)c2)c1. The molecule has 0 radical (unpaired) electrons. The van der Waals surface area contributed by atoms with Gasteiger partial charge in [-0.3, -0.25) is 13.9 Å². The number of hydrogen-bond donors (Lipinski definition) is 4. The number of carbonyl (C=O) groups is 1. The molecular formula is C30H35FO7S. The Morgan fingerprint density at radius 2 is 1.67 bits per heavy atom. The second-order valence-corrected chi connectivity index (χ2v) is 12.7. The molecule has 1 heterocycles. The summed E-state index contributed by atoms with van der Waals surface area (Å²) < 4.78 is 45.7. The molecule has 7 nitrogen and oxygen atoms in total. The largest absolute Gasteiger partial charge is 0.491 e. The van der Waals surface area contributed by atoms with E-state index in [4.69, 9.17) is 14.6 Å². The van der Waals surface area contributed by atoms with Gasteiger partial charge >= 0.3 is 5.97 Å². The maximum absolute atomic E-state index is 14.3. The fourth-order valence-electron chi connectivity index (χ4n) is 4.80. The molecule has 1 aliphatic rings. The summed E-state index contributed by atoms with van der Waals surface area (Å²) in [5.41, 5.74) is 4.26. The van der Waals surface area contributed by atoms with Crippen LogP contribution >= 0.6 is 10.6 Å². The summed E-state index contributed by atoms with van der Waals surface area (Å²) in [6.07, 6.45) is 0.583. The third-order valence-electron chi connectivity index (χ3n) is 7.06. The van der Waals surface area contributed by atoms with Crippen LogP contribution in [0.4, 0.5) is 4.39 Å². The zero-order valence-electron chi connectivity index (χ0n) is 22.2. The maximum Gasteiger partial charge on any atom is 0.303 e. The molecule has 3 aromatic carbocycles. The molecular weight excluding hydrogens is 523 g/mol. The fourth-order valence-corrected chi connectivity index (χ4v) is 6.42. The third-order valence-corrected chi connectivity index (χ3v) is 8.77. The van der Waals surface area contributed by atoms with Crippen LogP contribution in [0.1, 0.15) is 41.5 Å². The van der Waals surface area contributed by atoms with Gasteiger partial charge in [-0.05, 0) is 90.8 Å². The highest BCUT2D eigenvalue weighted by Gasteiger charge is 2.36. The number of rotatable bonds is 10. The van der Waals surface area contributed by atoms with Gasteiger partial charge in [0.25, 0.3) is 0 Å². The van der Waals surface area contributed by atoms with E-state index >= 15 is 0 Å². The first-order valence-corrected chi connectivity index (χ1v) is 14.7. The van der Waals surface area contributed by atoms with Crippen LogP contribution < -0.4 is 9.47 Å². The summed E-state index contributed by atoms with van der Waals surface area (Å²) in [6.45, 7) is 4.33. The summed E-state index contributed by atoms with van der Waals surface area (Å²) in [4.78, 5) is 10.7. The molecule has 1 saturated heterocycles. The van der Waals surface area contributed by atoms with Crippen molar-refractivity contribution in [2.45, 2.75) is 51.7 Å². The van der Waals surface area contributed by atoms with Gasteiger partial charge in [0.1, 0.15) is 36.1 Å². The quantitative estimate of drug-likeness (QED) is 0.229. The van der Waals surface area contributed by atoms with Gasteiger partial charge in [-0.25, -0.2) is 4.39 Å². The smallest absolute Gasteiger partial charge is 0.303 e. The molecule has 0 saturated carbocycles. The normalized spacial score (nSPS) is 16.9. The molecule has 0 amide bonds. The Morgan fingerprint density at radius 3 is 2.31 bits per heavy atom. The third kappa shape index (κ3) is 7.73. The number of aliphatic carboxylic acids is 1. The van der Waals surface area contributed by atoms with Crippen LogP contribution in [0, 0.1) is 19.7 Å². The van der Waals surface area contributed by atoms with E-state index in [1.165, 1.54) is 6.07 Å². The second-order valence-electron chi connectivity index (χ2n) is 10.3. The summed E-state index contributed by atoms with van der Waals surface area (Å²) in [7, 11) is -2.58. The Hall–Kier alpha value is -3.11. The predicted molar refractivity (Wildman–Crippen MR) is 150 cm³/mol. The van der Waals surface area contributed by atoms with Crippen molar-refractivity contribution in [3.8, 4) is 22.6 Å². The van der Waals surface area contributed by atoms with Gasteiger partial charge in [-0.15, -0.1) is 0 Å². The highest BCUT2D eigenvalue weighted by atomic mass is 32.3. The number of ether oxygens (including phenoxy) is 2. The highest BCUT2D eigenvalue weighted by molar-refractivity contribution is 8.24. The van der Waals surface area contributed by atoms with Crippen molar-refractivity contribution in [3.05, 3.63) is 82.7 Å². The molecule has 0 aromatic heterocycles. The lowest BCUT2D eigenvalue weighted by molar-refractivity contribution is -0.136. The molecule has 4 rings (SSSR count). The molecule has 0 aliphatic carbocycles. The van der Waals surface area contributed by atoms with Crippen molar-refractivity contribution in [1.29, 1.82) is 0 Å². The Labute approximate surface area is 229 Å². The minimum absolute atomic E-state index is 0.0920. The lowest BCUT2D eigenvalue weighted by atomic mass is 9.94. The summed E-state index contributed by atoms with van der Waals surface area (Å²) in [5, 5.41) is 19.6. The summed E-state index contributed by atoms with van der Waals surface area (Å²) in [6, 6.07) is 16.3. The average molecular weight is 559 g/mol. The first-order chi connectivity index (χ1) is 18.4. The number of carboxylic acids is 1. The molecule has 0 unspecified atom stereocenters. The maximum atomic E-state index is 14.3. The van der Waals surface area contributed by atoms with E-state index in [1.807, 2.05) is 50.2 Å². The minimum Gasteiger partial charge on any atom is -0.491 e. The molecule has 0 bridgehead atoms. The molecule has 0 atom stereocenters. The second kappa shape index (κ2) is 12.0. The van der Waals surface area contributed by atoms with Crippen LogP contribution in [-0.2, 0) is 17.8 Å². The van der Waals surface area contributed by atoms with E-state index in [-0.39, 0.29) is 37.6 Å². The van der Waals surface area contributed by atoms with Gasteiger partial charge in [0.15, 0.2) is 0 Å². The number of aryl methyl sites for hydroxylation is 3. The number of halogens is 1. The van der Waals surface area contributed by atoms with Crippen LogP contribution in [-0.4, -0.2) is 49.0 Å². The fraction of sp³-hybridized carbons (Fsp3) is 0.367. The lowest BCUT2D eigenvalue weighted by Gasteiger charge is -2.43. The van der Waals surface area contributed by atoms with Gasteiger partial charge in [0, 0.05) is 24.0 Å². The standard InChI is InChI=1S/C30H35FO7S/c1-20-14-26(38-19-30(34)10-12-39(35,36)13-11-30)15-21(2)29(20)24-5-3-4-22(16-24)18-37-25-8-6-23(27(31)17-25)7-9-28(32)33/h3-6,8,14-17,34-36H,7,9-13,18-19H2,1-2H3,(H,32,33). The first kappa shape index (κ1) is 28.9. The average Bonchev–Trinajstić information content (AvgIpc) is 2.88. The van der Waals surface area contributed by atoms with Crippen molar-refractivity contribution in [3.63, 3.8) is 0 Å². The minimum atomic E-state index is -2.58. The van der Waals surface area contributed by atoms with Crippen LogP contribution in [0.25, 0.3) is 11.1 Å². The van der Waals surface area contributed by atoms with Crippen molar-refractivity contribution < 1.29 is 38.0 Å². The van der Waals surface area contributed by atoms with Crippen molar-refractivity contribution in [1.82, 2.24) is 0 Å². The molecule has 1 aliphatic heterocycles. The van der Waals surface area contributed by atoms with Crippen LogP contribution in [0.2, 0.25) is 0 Å². The van der Waals surface area contributed by atoms with Crippen LogP contribution in [0.5, 0.6) is 11.5 Å². The van der Waals surface area contributed by atoms with Crippen molar-refractivity contribution in [2.24, 2.45) is 0 Å². The van der Waals surface area contributed by atoms with E-state index in [0.29, 0.717) is 29.9 Å². The molecule has 3 aromatic rings. The van der Waals surface area contributed by atoms with E-state index in [1.54, 1.807) is 12.1 Å².